The fraction of sp³-hybridized carbons (Fsp3) is 0.438. The molecule has 0 bridgehead atoms. The Bertz CT molecular complexity index is 604. The van der Waals surface area contributed by atoms with E-state index >= 15 is 0 Å². The lowest BCUT2D eigenvalue weighted by Crippen LogP contribution is -2.49. The van der Waals surface area contributed by atoms with Crippen LogP contribution in [0.15, 0.2) is 24.3 Å². The number of rotatable bonds is 7. The second-order valence-corrected chi connectivity index (χ2v) is 5.71. The smallest absolute Gasteiger partial charge is 0.253 e. The van der Waals surface area contributed by atoms with E-state index in [9.17, 15) is 9.59 Å². The Kier molecular flexibility index (Phi) is 8.73. The van der Waals surface area contributed by atoms with E-state index in [0.29, 0.717) is 11.3 Å². The van der Waals surface area contributed by atoms with Crippen molar-refractivity contribution in [1.82, 2.24) is 15.8 Å². The van der Waals surface area contributed by atoms with Crippen LogP contribution in [0.5, 0.6) is 0 Å². The molecule has 25 heavy (non-hydrogen) atoms. The van der Waals surface area contributed by atoms with Crippen molar-refractivity contribution in [3.05, 3.63) is 29.8 Å². The predicted molar refractivity (Wildman–Crippen MR) is 99.8 cm³/mol. The van der Waals surface area contributed by atoms with Gasteiger partial charge in [-0.15, -0.1) is 12.4 Å². The summed E-state index contributed by atoms with van der Waals surface area (Å²) in [5, 5.41) is 14.8. The van der Waals surface area contributed by atoms with E-state index in [-0.39, 0.29) is 43.1 Å². The average molecular weight is 369 g/mol. The van der Waals surface area contributed by atoms with Gasteiger partial charge in [-0.05, 0) is 25.0 Å². The zero-order valence-electron chi connectivity index (χ0n) is 14.0. The first-order valence-corrected chi connectivity index (χ1v) is 8.04. The van der Waals surface area contributed by atoms with Gasteiger partial charge in [-0.3, -0.25) is 20.4 Å². The number of nitrogens with zero attached hydrogens (tertiary/aromatic N) is 1. The molecule has 1 aliphatic rings. The number of hydrazine groups is 1. The molecule has 0 spiro atoms. The van der Waals surface area contributed by atoms with Crippen molar-refractivity contribution in [2.24, 2.45) is 5.73 Å². The van der Waals surface area contributed by atoms with Crippen molar-refractivity contribution in [1.29, 1.82) is 5.41 Å². The first-order chi connectivity index (χ1) is 11.5. The molecule has 0 aromatic heterocycles. The molecule has 0 atom stereocenters. The molecule has 0 radical (unpaired) electrons. The number of nitrogens with one attached hydrogen (secondary N) is 4. The lowest BCUT2D eigenvalue weighted by molar-refractivity contribution is -0.128. The molecular formula is C16H25ClN6O2. The van der Waals surface area contributed by atoms with Crippen LogP contribution >= 0.6 is 12.4 Å². The summed E-state index contributed by atoms with van der Waals surface area (Å²) >= 11 is 0. The van der Waals surface area contributed by atoms with Gasteiger partial charge in [-0.1, -0.05) is 18.6 Å². The highest BCUT2D eigenvalue weighted by molar-refractivity contribution is 5.96. The molecule has 2 rings (SSSR count). The number of hydrogen-bond acceptors (Lipinski definition) is 5. The molecule has 1 fully saturated rings. The van der Waals surface area contributed by atoms with Crippen LogP contribution in [0.4, 0.5) is 5.69 Å². The number of piperidine rings is 1. The number of amides is 2. The van der Waals surface area contributed by atoms with Crippen LogP contribution in [0, 0.1) is 5.41 Å². The lowest BCUT2D eigenvalue weighted by atomic mass is 10.2. The fourth-order valence-corrected chi connectivity index (χ4v) is 2.44. The highest BCUT2D eigenvalue weighted by Gasteiger charge is 2.13. The molecular weight excluding hydrogens is 344 g/mol. The molecule has 138 valence electrons. The minimum atomic E-state index is -0.281. The molecule has 0 unspecified atom stereocenters. The van der Waals surface area contributed by atoms with Crippen LogP contribution in [0.2, 0.25) is 0 Å². The second kappa shape index (κ2) is 10.5. The number of anilines is 1. The third-order valence-corrected chi connectivity index (χ3v) is 3.71. The summed E-state index contributed by atoms with van der Waals surface area (Å²) in [6.07, 6.45) is 3.35. The Balaban J connectivity index is 0.00000312. The predicted octanol–water partition coefficient (Wildman–Crippen LogP) is 0.438. The summed E-state index contributed by atoms with van der Waals surface area (Å²) in [5.74, 6) is -0.529. The van der Waals surface area contributed by atoms with E-state index in [1.54, 1.807) is 24.3 Å². The first-order valence-electron chi connectivity index (χ1n) is 8.04. The maximum Gasteiger partial charge on any atom is 0.253 e. The van der Waals surface area contributed by atoms with Crippen molar-refractivity contribution in [3.8, 4) is 0 Å². The maximum absolute atomic E-state index is 11.8. The molecule has 0 aliphatic carbocycles. The second-order valence-electron chi connectivity index (χ2n) is 5.71. The molecule has 1 saturated heterocycles. The van der Waals surface area contributed by atoms with Gasteiger partial charge >= 0.3 is 0 Å². The minimum Gasteiger partial charge on any atom is -0.384 e. The van der Waals surface area contributed by atoms with E-state index in [2.05, 4.69) is 16.1 Å². The largest absolute Gasteiger partial charge is 0.384 e. The van der Waals surface area contributed by atoms with Crippen molar-refractivity contribution in [3.63, 3.8) is 0 Å². The van der Waals surface area contributed by atoms with Gasteiger partial charge < -0.3 is 16.4 Å². The van der Waals surface area contributed by atoms with Crippen molar-refractivity contribution < 1.29 is 9.59 Å². The van der Waals surface area contributed by atoms with Crippen LogP contribution in [-0.4, -0.2) is 48.8 Å². The van der Waals surface area contributed by atoms with Gasteiger partial charge in [0.05, 0.1) is 13.1 Å². The highest BCUT2D eigenvalue weighted by Crippen LogP contribution is 2.09. The zero-order valence-corrected chi connectivity index (χ0v) is 14.8. The monoisotopic (exact) mass is 368 g/mol. The summed E-state index contributed by atoms with van der Waals surface area (Å²) < 4.78 is 0. The number of nitrogens with two attached hydrogens (primary N) is 1. The Hall–Kier alpha value is -2.32. The van der Waals surface area contributed by atoms with Gasteiger partial charge in [0, 0.05) is 24.3 Å². The topological polar surface area (TPSA) is 123 Å². The summed E-state index contributed by atoms with van der Waals surface area (Å²) in [6.45, 7) is 1.70. The quantitative estimate of drug-likeness (QED) is 0.353. The van der Waals surface area contributed by atoms with Gasteiger partial charge in [-0.2, -0.15) is 0 Å². The number of amidine groups is 1. The van der Waals surface area contributed by atoms with Gasteiger partial charge in [0.1, 0.15) is 5.84 Å². The molecule has 1 heterocycles. The third-order valence-electron chi connectivity index (χ3n) is 3.71. The zero-order chi connectivity index (χ0) is 17.4. The average Bonchev–Trinajstić information content (AvgIpc) is 2.59. The number of carbonyl (C=O) groups excluding carboxylic acids is 2. The van der Waals surface area contributed by atoms with Gasteiger partial charge in [0.2, 0.25) is 5.91 Å². The number of hydrogen-bond donors (Lipinski definition) is 5. The Morgan fingerprint density at radius 1 is 1.12 bits per heavy atom. The van der Waals surface area contributed by atoms with E-state index in [0.717, 1.165) is 25.9 Å². The van der Waals surface area contributed by atoms with Gasteiger partial charge in [-0.25, -0.2) is 5.01 Å². The molecule has 1 aromatic carbocycles. The third kappa shape index (κ3) is 7.40. The number of halogens is 1. The first kappa shape index (κ1) is 20.7. The van der Waals surface area contributed by atoms with E-state index < -0.39 is 0 Å². The Labute approximate surface area is 153 Å². The molecule has 6 N–H and O–H groups in total. The van der Waals surface area contributed by atoms with E-state index in [1.165, 1.54) is 6.42 Å². The van der Waals surface area contributed by atoms with Gasteiger partial charge in [0.15, 0.2) is 0 Å². The maximum atomic E-state index is 11.8. The molecule has 2 amide bonds. The summed E-state index contributed by atoms with van der Waals surface area (Å²) in [4.78, 5) is 23.6. The van der Waals surface area contributed by atoms with E-state index in [4.69, 9.17) is 11.1 Å². The standard InChI is InChI=1S/C16H24N6O2.ClH/c17-16(18)12-5-4-6-13(9-12)19-10-14(23)20-11-15(24)21-22-7-2-1-3-8-22;/h4-6,9,19H,1-3,7-8,10-11H2,(H3,17,18)(H,20,23)(H,21,24);1H. The van der Waals surface area contributed by atoms with Crippen molar-refractivity contribution >= 4 is 35.7 Å². The molecule has 9 heteroatoms. The van der Waals surface area contributed by atoms with E-state index in [1.807, 2.05) is 5.01 Å². The van der Waals surface area contributed by atoms with Gasteiger partial charge in [0.25, 0.3) is 5.91 Å². The summed E-state index contributed by atoms with van der Waals surface area (Å²) in [7, 11) is 0. The number of nitrogen functional groups attached to an aromatic ring is 1. The minimum absolute atomic E-state index is 0. The van der Waals surface area contributed by atoms with Crippen LogP contribution in [-0.2, 0) is 9.59 Å². The summed E-state index contributed by atoms with van der Waals surface area (Å²) in [6, 6.07) is 6.95. The number of benzene rings is 1. The SMILES string of the molecule is Cl.N=C(N)c1cccc(NCC(=O)NCC(=O)NN2CCCCC2)c1. The van der Waals surface area contributed by atoms with Crippen LogP contribution in [0.3, 0.4) is 0 Å². The molecule has 1 aromatic rings. The normalized spacial score (nSPS) is 14.1. The molecule has 8 nitrogen and oxygen atoms in total. The van der Waals surface area contributed by atoms with Crippen LogP contribution < -0.4 is 21.8 Å². The fourth-order valence-electron chi connectivity index (χ4n) is 2.44. The van der Waals surface area contributed by atoms with Crippen molar-refractivity contribution in [2.45, 2.75) is 19.3 Å². The van der Waals surface area contributed by atoms with Crippen LogP contribution in [0.1, 0.15) is 24.8 Å². The molecule has 1 aliphatic heterocycles. The Morgan fingerprint density at radius 3 is 2.52 bits per heavy atom. The lowest BCUT2D eigenvalue weighted by Gasteiger charge is -2.26. The molecule has 0 saturated carbocycles. The number of carbonyl (C=O) groups is 2. The Morgan fingerprint density at radius 2 is 1.84 bits per heavy atom. The van der Waals surface area contributed by atoms with Crippen LogP contribution in [0.25, 0.3) is 0 Å². The highest BCUT2D eigenvalue weighted by atomic mass is 35.5. The summed E-state index contributed by atoms with van der Waals surface area (Å²) in [5.41, 5.74) is 9.49. The van der Waals surface area contributed by atoms with Crippen molar-refractivity contribution in [2.75, 3.05) is 31.5 Å².